The zero-order valence-electron chi connectivity index (χ0n) is 17.7. The van der Waals surface area contributed by atoms with Gasteiger partial charge in [0.1, 0.15) is 22.9 Å². The first-order chi connectivity index (χ1) is 16.0. The zero-order valence-corrected chi connectivity index (χ0v) is 17.7. The van der Waals surface area contributed by atoms with Crippen LogP contribution in [0.15, 0.2) is 48.5 Å². The van der Waals surface area contributed by atoms with Crippen LogP contribution in [0.25, 0.3) is 0 Å². The molecule has 0 atom stereocenters. The highest BCUT2D eigenvalue weighted by Crippen LogP contribution is 2.35. The maximum atomic E-state index is 14.4. The Labute approximate surface area is 189 Å². The minimum atomic E-state index is -4.28. The summed E-state index contributed by atoms with van der Waals surface area (Å²) in [5.41, 5.74) is -0.564. The average Bonchev–Trinajstić information content (AvgIpc) is 2.74. The molecule has 10 heteroatoms. The molecule has 0 spiro atoms. The molecular weight excluding hydrogens is 472 g/mol. The molecule has 0 saturated carbocycles. The summed E-state index contributed by atoms with van der Waals surface area (Å²) in [6.07, 6.45) is -3.71. The lowest BCUT2D eigenvalue weighted by Gasteiger charge is -2.20. The van der Waals surface area contributed by atoms with Crippen molar-refractivity contribution in [3.63, 3.8) is 0 Å². The Morgan fingerprint density at radius 1 is 0.735 bits per heavy atom. The third-order valence-electron chi connectivity index (χ3n) is 4.94. The minimum Gasteiger partial charge on any atom is -0.429 e. The Kier molecular flexibility index (Phi) is 7.68. The second-order valence-electron chi connectivity index (χ2n) is 7.32. The van der Waals surface area contributed by atoms with Gasteiger partial charge in [0.25, 0.3) is 0 Å². The van der Waals surface area contributed by atoms with Crippen molar-refractivity contribution in [1.29, 1.82) is 0 Å². The first-order valence-electron chi connectivity index (χ1n) is 10.1. The van der Waals surface area contributed by atoms with E-state index in [-0.39, 0.29) is 36.1 Å². The molecule has 3 aromatic carbocycles. The molecule has 0 aliphatic rings. The SMILES string of the molecule is CCc1cc(F)c(C(F)(F)Oc2ccc(CCc3cc(F)c(OC(F)F)c(F)c3)cc2)c(F)c1. The number of rotatable bonds is 9. The fraction of sp³-hybridized carbons (Fsp3) is 0.250. The van der Waals surface area contributed by atoms with Gasteiger partial charge in [0.2, 0.25) is 0 Å². The topological polar surface area (TPSA) is 18.5 Å². The van der Waals surface area contributed by atoms with Gasteiger partial charge in [-0.3, -0.25) is 0 Å². The Morgan fingerprint density at radius 3 is 1.74 bits per heavy atom. The molecule has 3 aromatic rings. The van der Waals surface area contributed by atoms with Gasteiger partial charge in [-0.2, -0.15) is 17.6 Å². The van der Waals surface area contributed by atoms with E-state index >= 15 is 0 Å². The number of alkyl halides is 4. The van der Waals surface area contributed by atoms with Gasteiger partial charge in [-0.1, -0.05) is 19.1 Å². The van der Waals surface area contributed by atoms with Gasteiger partial charge in [-0.25, -0.2) is 17.6 Å². The molecule has 0 heterocycles. The van der Waals surface area contributed by atoms with E-state index in [1.54, 1.807) is 6.92 Å². The maximum absolute atomic E-state index is 14.4. The summed E-state index contributed by atoms with van der Waals surface area (Å²) < 4.78 is 117. The lowest BCUT2D eigenvalue weighted by Crippen LogP contribution is -2.25. The Hall–Kier alpha value is -3.30. The Morgan fingerprint density at radius 2 is 1.24 bits per heavy atom. The summed E-state index contributed by atoms with van der Waals surface area (Å²) in [6.45, 7) is -1.76. The fourth-order valence-corrected chi connectivity index (χ4v) is 3.28. The van der Waals surface area contributed by atoms with Crippen molar-refractivity contribution in [3.8, 4) is 11.5 Å². The minimum absolute atomic E-state index is 0.0966. The number of ether oxygens (including phenoxy) is 2. The quantitative estimate of drug-likeness (QED) is 0.293. The normalized spacial score (nSPS) is 11.7. The van der Waals surface area contributed by atoms with Crippen LogP contribution in [-0.2, 0) is 25.4 Å². The first-order valence-corrected chi connectivity index (χ1v) is 10.1. The number of halogens is 8. The van der Waals surface area contributed by atoms with E-state index in [0.717, 1.165) is 36.4 Å². The lowest BCUT2D eigenvalue weighted by molar-refractivity contribution is -0.189. The van der Waals surface area contributed by atoms with E-state index in [4.69, 9.17) is 0 Å². The Bertz CT molecular complexity index is 1100. The molecule has 0 aliphatic heterocycles. The van der Waals surface area contributed by atoms with Gasteiger partial charge in [-0.15, -0.1) is 0 Å². The van der Waals surface area contributed by atoms with Crippen molar-refractivity contribution in [3.05, 3.63) is 94.1 Å². The molecule has 34 heavy (non-hydrogen) atoms. The third-order valence-corrected chi connectivity index (χ3v) is 4.94. The summed E-state index contributed by atoms with van der Waals surface area (Å²) in [5, 5.41) is 0. The zero-order chi connectivity index (χ0) is 25.0. The smallest absolute Gasteiger partial charge is 0.429 e. The molecule has 0 radical (unpaired) electrons. The van der Waals surface area contributed by atoms with Crippen molar-refractivity contribution in [2.75, 3.05) is 0 Å². The number of aryl methyl sites for hydroxylation is 3. The highest BCUT2D eigenvalue weighted by Gasteiger charge is 2.41. The van der Waals surface area contributed by atoms with Crippen molar-refractivity contribution >= 4 is 0 Å². The first kappa shape index (κ1) is 25.3. The summed E-state index contributed by atoms with van der Waals surface area (Å²) in [7, 11) is 0. The van der Waals surface area contributed by atoms with Crippen molar-refractivity contribution in [1.82, 2.24) is 0 Å². The van der Waals surface area contributed by atoms with Gasteiger partial charge in [0.15, 0.2) is 17.4 Å². The van der Waals surface area contributed by atoms with E-state index in [1.807, 2.05) is 0 Å². The standard InChI is InChI=1S/C24H18F8O2/c1-2-13-9-17(25)21(18(26)10-13)24(31,32)34-16-7-5-14(6-8-16)3-4-15-11-19(27)22(20(28)12-15)33-23(29)30/h5-12,23H,2-4H2,1H3. The van der Waals surface area contributed by atoms with Crippen molar-refractivity contribution in [2.24, 2.45) is 0 Å². The summed E-state index contributed by atoms with van der Waals surface area (Å²) >= 11 is 0. The molecule has 182 valence electrons. The van der Waals surface area contributed by atoms with Crippen LogP contribution in [0.3, 0.4) is 0 Å². The largest absolute Gasteiger partial charge is 0.432 e. The molecule has 2 nitrogen and oxygen atoms in total. The van der Waals surface area contributed by atoms with Crippen LogP contribution in [-0.4, -0.2) is 6.61 Å². The maximum Gasteiger partial charge on any atom is 0.432 e. The molecule has 0 aromatic heterocycles. The Balaban J connectivity index is 1.68. The highest BCUT2D eigenvalue weighted by atomic mass is 19.3. The van der Waals surface area contributed by atoms with Gasteiger partial charge in [0, 0.05) is 0 Å². The van der Waals surface area contributed by atoms with Gasteiger partial charge in [0.05, 0.1) is 0 Å². The number of benzene rings is 3. The highest BCUT2D eigenvalue weighted by molar-refractivity contribution is 5.34. The van der Waals surface area contributed by atoms with E-state index in [0.29, 0.717) is 5.56 Å². The van der Waals surface area contributed by atoms with Crippen LogP contribution in [0.5, 0.6) is 11.5 Å². The predicted molar refractivity (Wildman–Crippen MR) is 107 cm³/mol. The van der Waals surface area contributed by atoms with Crippen LogP contribution in [0.2, 0.25) is 0 Å². The molecule has 0 amide bonds. The van der Waals surface area contributed by atoms with E-state index in [2.05, 4.69) is 9.47 Å². The van der Waals surface area contributed by atoms with Crippen LogP contribution in [0.1, 0.15) is 29.2 Å². The monoisotopic (exact) mass is 490 g/mol. The third kappa shape index (κ3) is 5.98. The molecule has 0 N–H and O–H groups in total. The number of hydrogen-bond acceptors (Lipinski definition) is 2. The van der Waals surface area contributed by atoms with Gasteiger partial charge >= 0.3 is 12.7 Å². The summed E-state index contributed by atoms with van der Waals surface area (Å²) in [6, 6.07) is 8.42. The van der Waals surface area contributed by atoms with Gasteiger partial charge < -0.3 is 9.47 Å². The second kappa shape index (κ2) is 10.3. The van der Waals surface area contributed by atoms with Crippen LogP contribution < -0.4 is 9.47 Å². The number of hydrogen-bond donors (Lipinski definition) is 0. The van der Waals surface area contributed by atoms with Crippen LogP contribution in [0.4, 0.5) is 35.1 Å². The molecule has 0 aliphatic carbocycles. The molecule has 3 rings (SSSR count). The van der Waals surface area contributed by atoms with Crippen LogP contribution >= 0.6 is 0 Å². The van der Waals surface area contributed by atoms with Crippen LogP contribution in [0, 0.1) is 23.3 Å². The molecule has 0 fully saturated rings. The van der Waals surface area contributed by atoms with Crippen molar-refractivity contribution in [2.45, 2.75) is 38.9 Å². The molecule has 0 saturated heterocycles. The average molecular weight is 490 g/mol. The fourth-order valence-electron chi connectivity index (χ4n) is 3.28. The molecule has 0 unspecified atom stereocenters. The second-order valence-corrected chi connectivity index (χ2v) is 7.32. The summed E-state index contributed by atoms with van der Waals surface area (Å²) in [4.78, 5) is 0. The van der Waals surface area contributed by atoms with E-state index < -0.39 is 47.3 Å². The lowest BCUT2D eigenvalue weighted by atomic mass is 10.0. The van der Waals surface area contributed by atoms with E-state index in [1.165, 1.54) is 12.1 Å². The molecule has 0 bridgehead atoms. The van der Waals surface area contributed by atoms with Crippen molar-refractivity contribution < 1.29 is 44.6 Å². The predicted octanol–water partition coefficient (Wildman–Crippen LogP) is 7.32. The molecular formula is C24H18F8O2. The summed E-state index contributed by atoms with van der Waals surface area (Å²) in [5.74, 6) is -6.97. The van der Waals surface area contributed by atoms with E-state index in [9.17, 15) is 35.1 Å². The van der Waals surface area contributed by atoms with Gasteiger partial charge in [-0.05, 0) is 72.4 Å².